The summed E-state index contributed by atoms with van der Waals surface area (Å²) in [5.74, 6) is -0.401. The number of benzene rings is 1. The summed E-state index contributed by atoms with van der Waals surface area (Å²) in [6.07, 6.45) is -0.0523. The number of carboxylic acids is 1. The minimum absolute atomic E-state index is 0.0523. The highest BCUT2D eigenvalue weighted by Crippen LogP contribution is 2.30. The third-order valence-electron chi connectivity index (χ3n) is 2.55. The van der Waals surface area contributed by atoms with Gasteiger partial charge in [-0.2, -0.15) is 0 Å². The van der Waals surface area contributed by atoms with Crippen LogP contribution in [0, 0.1) is 0 Å². The van der Waals surface area contributed by atoms with Crippen LogP contribution in [0.2, 0.25) is 5.02 Å². The minimum atomic E-state index is -0.899. The lowest BCUT2D eigenvalue weighted by molar-refractivity contribution is -0.137. The van der Waals surface area contributed by atoms with E-state index in [9.17, 15) is 4.79 Å². The van der Waals surface area contributed by atoms with Crippen LogP contribution in [0.3, 0.4) is 0 Å². The molecule has 0 bridgehead atoms. The monoisotopic (exact) mass is 344 g/mol. The van der Waals surface area contributed by atoms with Gasteiger partial charge in [-0.15, -0.1) is 5.10 Å². The fourth-order valence-corrected chi connectivity index (χ4v) is 2.54. The summed E-state index contributed by atoms with van der Waals surface area (Å²) >= 11 is 9.28. The Kier molecular flexibility index (Phi) is 4.16. The third-order valence-corrected chi connectivity index (χ3v) is 3.44. The van der Waals surface area contributed by atoms with Crippen molar-refractivity contribution in [3.05, 3.63) is 27.7 Å². The van der Waals surface area contributed by atoms with Gasteiger partial charge >= 0.3 is 5.97 Å². The SMILES string of the molecule is CC(CC(=O)O)n1nnnc1-c1ccc(Cl)cc1Br. The van der Waals surface area contributed by atoms with Gasteiger partial charge in [-0.3, -0.25) is 4.79 Å². The Hall–Kier alpha value is -1.47. The number of tetrazole rings is 1. The number of hydrogen-bond acceptors (Lipinski definition) is 4. The molecule has 0 aliphatic carbocycles. The Balaban J connectivity index is 2.41. The predicted molar refractivity (Wildman–Crippen MR) is 72.9 cm³/mol. The molecule has 2 rings (SSSR count). The molecule has 8 heteroatoms. The summed E-state index contributed by atoms with van der Waals surface area (Å²) in [6, 6.07) is 4.90. The smallest absolute Gasteiger partial charge is 0.305 e. The summed E-state index contributed by atoms with van der Waals surface area (Å²) in [5, 5.41) is 20.8. The van der Waals surface area contributed by atoms with E-state index in [1.165, 1.54) is 4.68 Å². The Morgan fingerprint density at radius 1 is 1.58 bits per heavy atom. The number of nitrogens with zero attached hydrogens (tertiary/aromatic N) is 4. The van der Waals surface area contributed by atoms with E-state index in [4.69, 9.17) is 16.7 Å². The molecule has 0 fully saturated rings. The summed E-state index contributed by atoms with van der Waals surface area (Å²) < 4.78 is 2.24. The topological polar surface area (TPSA) is 80.9 Å². The number of carbonyl (C=O) groups is 1. The standard InChI is InChI=1S/C11H10BrClN4O2/c1-6(4-10(18)19)17-11(14-15-16-17)8-3-2-7(13)5-9(8)12/h2-3,5-6H,4H2,1H3,(H,18,19). The fraction of sp³-hybridized carbons (Fsp3) is 0.273. The molecule has 1 heterocycles. The van der Waals surface area contributed by atoms with Gasteiger partial charge in [-0.05, 0) is 51.5 Å². The van der Waals surface area contributed by atoms with E-state index in [0.717, 1.165) is 10.0 Å². The van der Waals surface area contributed by atoms with Crippen LogP contribution in [-0.2, 0) is 4.79 Å². The molecule has 6 nitrogen and oxygen atoms in total. The first kappa shape index (κ1) is 14.0. The molecule has 2 aromatic rings. The largest absolute Gasteiger partial charge is 0.481 e. The van der Waals surface area contributed by atoms with Gasteiger partial charge in [0.25, 0.3) is 0 Å². The quantitative estimate of drug-likeness (QED) is 0.921. The van der Waals surface area contributed by atoms with Crippen molar-refractivity contribution < 1.29 is 9.90 Å². The predicted octanol–water partition coefficient (Wildman–Crippen LogP) is 2.79. The number of aliphatic carboxylic acids is 1. The van der Waals surface area contributed by atoms with Gasteiger partial charge in [0, 0.05) is 15.1 Å². The zero-order valence-electron chi connectivity index (χ0n) is 9.92. The van der Waals surface area contributed by atoms with Crippen molar-refractivity contribution in [3.8, 4) is 11.4 Å². The molecule has 0 amide bonds. The van der Waals surface area contributed by atoms with Gasteiger partial charge < -0.3 is 5.11 Å². The molecule has 1 aromatic carbocycles. The molecule has 1 aromatic heterocycles. The van der Waals surface area contributed by atoms with Crippen LogP contribution in [0.4, 0.5) is 0 Å². The third kappa shape index (κ3) is 3.10. The molecule has 1 N–H and O–H groups in total. The number of aromatic nitrogens is 4. The molecule has 0 aliphatic heterocycles. The average Bonchev–Trinajstić information content (AvgIpc) is 2.76. The van der Waals surface area contributed by atoms with Gasteiger partial charge in [0.1, 0.15) is 0 Å². The normalized spacial score (nSPS) is 12.4. The van der Waals surface area contributed by atoms with Gasteiger partial charge in [0.15, 0.2) is 5.82 Å². The molecule has 1 unspecified atom stereocenters. The van der Waals surface area contributed by atoms with Crippen LogP contribution in [-0.4, -0.2) is 31.3 Å². The highest BCUT2D eigenvalue weighted by Gasteiger charge is 2.18. The number of rotatable bonds is 4. The zero-order chi connectivity index (χ0) is 14.0. The van der Waals surface area contributed by atoms with Gasteiger partial charge in [0.2, 0.25) is 0 Å². The highest BCUT2D eigenvalue weighted by molar-refractivity contribution is 9.10. The first-order valence-electron chi connectivity index (χ1n) is 5.44. The van der Waals surface area contributed by atoms with Crippen LogP contribution in [0.25, 0.3) is 11.4 Å². The molecule has 19 heavy (non-hydrogen) atoms. The first-order valence-corrected chi connectivity index (χ1v) is 6.61. The van der Waals surface area contributed by atoms with Crippen molar-refractivity contribution >= 4 is 33.5 Å². The molecule has 0 spiro atoms. The van der Waals surface area contributed by atoms with Crippen LogP contribution in [0.1, 0.15) is 19.4 Å². The Morgan fingerprint density at radius 2 is 2.32 bits per heavy atom. The molecule has 100 valence electrons. The maximum Gasteiger partial charge on any atom is 0.305 e. The summed E-state index contributed by atoms with van der Waals surface area (Å²) in [4.78, 5) is 10.8. The van der Waals surface area contributed by atoms with Crippen molar-refractivity contribution in [2.24, 2.45) is 0 Å². The lowest BCUT2D eigenvalue weighted by atomic mass is 10.2. The minimum Gasteiger partial charge on any atom is -0.481 e. The summed E-state index contributed by atoms with van der Waals surface area (Å²) in [5.41, 5.74) is 0.756. The van der Waals surface area contributed by atoms with Gasteiger partial charge in [-0.1, -0.05) is 11.6 Å². The van der Waals surface area contributed by atoms with E-state index in [-0.39, 0.29) is 12.5 Å². The van der Waals surface area contributed by atoms with Crippen LogP contribution >= 0.6 is 27.5 Å². The highest BCUT2D eigenvalue weighted by atomic mass is 79.9. The number of halogens is 2. The van der Waals surface area contributed by atoms with Crippen molar-refractivity contribution in [3.63, 3.8) is 0 Å². The van der Waals surface area contributed by atoms with E-state index in [2.05, 4.69) is 31.5 Å². The molecule has 1 atom stereocenters. The molecule has 0 saturated carbocycles. The lowest BCUT2D eigenvalue weighted by Crippen LogP contribution is -2.13. The van der Waals surface area contributed by atoms with Crippen molar-refractivity contribution in [2.45, 2.75) is 19.4 Å². The molecular formula is C11H10BrClN4O2. The van der Waals surface area contributed by atoms with Crippen molar-refractivity contribution in [1.29, 1.82) is 0 Å². The van der Waals surface area contributed by atoms with E-state index in [0.29, 0.717) is 10.8 Å². The van der Waals surface area contributed by atoms with Crippen LogP contribution in [0.15, 0.2) is 22.7 Å². The van der Waals surface area contributed by atoms with Crippen LogP contribution in [0.5, 0.6) is 0 Å². The van der Waals surface area contributed by atoms with Crippen LogP contribution < -0.4 is 0 Å². The van der Waals surface area contributed by atoms with Crippen molar-refractivity contribution in [2.75, 3.05) is 0 Å². The van der Waals surface area contributed by atoms with E-state index in [1.807, 2.05) is 0 Å². The molecule has 0 aliphatic rings. The van der Waals surface area contributed by atoms with Gasteiger partial charge in [0.05, 0.1) is 12.5 Å². The Morgan fingerprint density at radius 3 is 2.95 bits per heavy atom. The van der Waals surface area contributed by atoms with E-state index < -0.39 is 5.97 Å². The Bertz CT molecular complexity index is 616. The number of hydrogen-bond donors (Lipinski definition) is 1. The first-order chi connectivity index (χ1) is 8.99. The second kappa shape index (κ2) is 5.66. The van der Waals surface area contributed by atoms with Gasteiger partial charge in [-0.25, -0.2) is 4.68 Å². The molecular weight excluding hydrogens is 336 g/mol. The average molecular weight is 346 g/mol. The molecule has 0 saturated heterocycles. The van der Waals surface area contributed by atoms with E-state index >= 15 is 0 Å². The van der Waals surface area contributed by atoms with Crippen molar-refractivity contribution in [1.82, 2.24) is 20.2 Å². The van der Waals surface area contributed by atoms with E-state index in [1.54, 1.807) is 25.1 Å². The fourth-order valence-electron chi connectivity index (χ4n) is 1.68. The second-order valence-corrected chi connectivity index (χ2v) is 5.31. The Labute approximate surface area is 122 Å². The summed E-state index contributed by atoms with van der Waals surface area (Å²) in [7, 11) is 0. The number of carboxylic acid groups (broad SMARTS) is 1. The maximum absolute atomic E-state index is 10.8. The zero-order valence-corrected chi connectivity index (χ0v) is 12.3. The summed E-state index contributed by atoms with van der Waals surface area (Å²) in [6.45, 7) is 1.75. The lowest BCUT2D eigenvalue weighted by Gasteiger charge is -2.11. The second-order valence-electron chi connectivity index (χ2n) is 4.02. The molecule has 0 radical (unpaired) electrons. The maximum atomic E-state index is 10.8.